The molecule has 8 heteroatoms. The molecular formula is C15H20N6OS. The number of nitrogens with zero attached hydrogens (tertiary/aromatic N) is 3. The zero-order valence-electron chi connectivity index (χ0n) is 13.1. The highest BCUT2D eigenvalue weighted by Crippen LogP contribution is 2.18. The van der Waals surface area contributed by atoms with E-state index in [-0.39, 0.29) is 29.6 Å². The van der Waals surface area contributed by atoms with Gasteiger partial charge in [0.2, 0.25) is 17.8 Å². The monoisotopic (exact) mass is 332 g/mol. The van der Waals surface area contributed by atoms with Gasteiger partial charge < -0.3 is 16.8 Å². The van der Waals surface area contributed by atoms with Gasteiger partial charge in [0.15, 0.2) is 5.16 Å². The van der Waals surface area contributed by atoms with E-state index in [0.717, 1.165) is 12.0 Å². The van der Waals surface area contributed by atoms with E-state index in [1.54, 1.807) is 0 Å². The number of aryl methyl sites for hydroxylation is 1. The largest absolute Gasteiger partial charge is 0.368 e. The molecule has 1 aromatic carbocycles. The molecule has 2 rings (SSSR count). The minimum Gasteiger partial charge on any atom is -0.368 e. The molecule has 0 saturated carbocycles. The maximum atomic E-state index is 12.1. The van der Waals surface area contributed by atoms with Gasteiger partial charge in [0.25, 0.3) is 0 Å². The smallest absolute Gasteiger partial charge is 0.230 e. The van der Waals surface area contributed by atoms with E-state index in [1.807, 2.05) is 38.1 Å². The Morgan fingerprint density at radius 2 is 1.78 bits per heavy atom. The van der Waals surface area contributed by atoms with Crippen LogP contribution in [0.3, 0.4) is 0 Å². The molecule has 1 atom stereocenters. The van der Waals surface area contributed by atoms with Crippen molar-refractivity contribution >= 4 is 29.6 Å². The summed E-state index contributed by atoms with van der Waals surface area (Å²) in [7, 11) is 0. The Kier molecular flexibility index (Phi) is 5.75. The Morgan fingerprint density at radius 1 is 1.17 bits per heavy atom. The summed E-state index contributed by atoms with van der Waals surface area (Å²) in [5.74, 6) is 0.184. The van der Waals surface area contributed by atoms with Crippen molar-refractivity contribution in [1.29, 1.82) is 0 Å². The molecule has 0 fully saturated rings. The summed E-state index contributed by atoms with van der Waals surface area (Å²) in [6.07, 6.45) is 0.811. The van der Waals surface area contributed by atoms with Gasteiger partial charge in [0, 0.05) is 0 Å². The minimum absolute atomic E-state index is 0.0165. The summed E-state index contributed by atoms with van der Waals surface area (Å²) >= 11 is 1.17. The maximum Gasteiger partial charge on any atom is 0.230 e. The Bertz CT molecular complexity index is 656. The first-order chi connectivity index (χ1) is 11.0. The van der Waals surface area contributed by atoms with Crippen LogP contribution < -0.4 is 16.8 Å². The van der Waals surface area contributed by atoms with Crippen molar-refractivity contribution in [2.75, 3.05) is 17.2 Å². The molecule has 0 spiro atoms. The van der Waals surface area contributed by atoms with Gasteiger partial charge in [0.1, 0.15) is 0 Å². The molecule has 0 saturated heterocycles. The van der Waals surface area contributed by atoms with Crippen LogP contribution in [0, 0.1) is 6.92 Å². The topological polar surface area (TPSA) is 120 Å². The number of nitrogens with one attached hydrogen (secondary N) is 1. The Labute approximate surface area is 139 Å². The highest BCUT2D eigenvalue weighted by atomic mass is 32.2. The number of aromatic nitrogens is 3. The van der Waals surface area contributed by atoms with Gasteiger partial charge >= 0.3 is 0 Å². The van der Waals surface area contributed by atoms with Crippen molar-refractivity contribution in [1.82, 2.24) is 20.3 Å². The van der Waals surface area contributed by atoms with E-state index in [1.165, 1.54) is 17.3 Å². The molecule has 7 nitrogen and oxygen atoms in total. The number of hydrogen-bond acceptors (Lipinski definition) is 7. The molecular weight excluding hydrogens is 312 g/mol. The van der Waals surface area contributed by atoms with Crippen LogP contribution in [0.4, 0.5) is 11.9 Å². The normalized spacial score (nSPS) is 11.9. The fraction of sp³-hybridized carbons (Fsp3) is 0.333. The molecule has 23 heavy (non-hydrogen) atoms. The number of carbonyl (C=O) groups is 1. The Morgan fingerprint density at radius 3 is 2.35 bits per heavy atom. The predicted molar refractivity (Wildman–Crippen MR) is 91.7 cm³/mol. The van der Waals surface area contributed by atoms with Crippen molar-refractivity contribution < 1.29 is 4.79 Å². The van der Waals surface area contributed by atoms with Crippen molar-refractivity contribution in [3.05, 3.63) is 35.4 Å². The van der Waals surface area contributed by atoms with Crippen molar-refractivity contribution in [3.63, 3.8) is 0 Å². The second kappa shape index (κ2) is 7.77. The van der Waals surface area contributed by atoms with Gasteiger partial charge in [-0.2, -0.15) is 15.0 Å². The third kappa shape index (κ3) is 5.10. The lowest BCUT2D eigenvalue weighted by atomic mass is 10.0. The van der Waals surface area contributed by atoms with Crippen LogP contribution in [0.15, 0.2) is 29.4 Å². The molecule has 0 bridgehead atoms. The zero-order chi connectivity index (χ0) is 16.8. The number of nitrogen functional groups attached to an aromatic ring is 2. The first kappa shape index (κ1) is 17.0. The van der Waals surface area contributed by atoms with Crippen LogP contribution in [0.2, 0.25) is 0 Å². The third-order valence-electron chi connectivity index (χ3n) is 3.21. The van der Waals surface area contributed by atoms with Crippen molar-refractivity contribution in [2.45, 2.75) is 31.5 Å². The second-order valence-electron chi connectivity index (χ2n) is 5.06. The Balaban J connectivity index is 1.93. The van der Waals surface area contributed by atoms with E-state index in [0.29, 0.717) is 5.16 Å². The van der Waals surface area contributed by atoms with E-state index in [2.05, 4.69) is 20.3 Å². The van der Waals surface area contributed by atoms with Crippen LogP contribution in [0.5, 0.6) is 0 Å². The maximum absolute atomic E-state index is 12.1. The van der Waals surface area contributed by atoms with E-state index in [9.17, 15) is 4.79 Å². The molecule has 1 amide bonds. The molecule has 0 radical (unpaired) electrons. The van der Waals surface area contributed by atoms with Crippen LogP contribution in [0.1, 0.15) is 30.5 Å². The fourth-order valence-electron chi connectivity index (χ4n) is 2.04. The number of carbonyl (C=O) groups excluding carboxylic acids is 1. The summed E-state index contributed by atoms with van der Waals surface area (Å²) < 4.78 is 0. The van der Waals surface area contributed by atoms with Gasteiger partial charge in [-0.15, -0.1) is 0 Å². The van der Waals surface area contributed by atoms with Crippen LogP contribution >= 0.6 is 11.8 Å². The lowest BCUT2D eigenvalue weighted by molar-refractivity contribution is -0.119. The average molecular weight is 332 g/mol. The number of benzene rings is 1. The summed E-state index contributed by atoms with van der Waals surface area (Å²) in [5, 5.41) is 3.35. The van der Waals surface area contributed by atoms with E-state index >= 15 is 0 Å². The predicted octanol–water partition coefficient (Wildman–Crippen LogP) is 1.70. The lowest BCUT2D eigenvalue weighted by Gasteiger charge is -2.17. The standard InChI is InChI=1S/C15H20N6OS/c1-3-11(10-6-4-9(2)5-7-10)18-12(22)8-23-15-20-13(16)19-14(17)21-15/h4-7,11H,3,8H2,1-2H3,(H,18,22)(H4,16,17,19,20,21)/t11-/m0/s1. The zero-order valence-corrected chi connectivity index (χ0v) is 13.9. The van der Waals surface area contributed by atoms with E-state index in [4.69, 9.17) is 11.5 Å². The molecule has 5 N–H and O–H groups in total. The number of anilines is 2. The highest BCUT2D eigenvalue weighted by Gasteiger charge is 2.13. The molecule has 2 aromatic rings. The van der Waals surface area contributed by atoms with Crippen molar-refractivity contribution in [3.8, 4) is 0 Å². The molecule has 0 aliphatic rings. The Hall–Kier alpha value is -2.35. The van der Waals surface area contributed by atoms with Gasteiger partial charge in [-0.1, -0.05) is 48.5 Å². The van der Waals surface area contributed by atoms with E-state index < -0.39 is 0 Å². The van der Waals surface area contributed by atoms with Gasteiger partial charge in [-0.05, 0) is 18.9 Å². The number of thioether (sulfide) groups is 1. The van der Waals surface area contributed by atoms with Crippen LogP contribution in [-0.2, 0) is 4.79 Å². The minimum atomic E-state index is -0.0972. The van der Waals surface area contributed by atoms with Gasteiger partial charge in [-0.25, -0.2) is 0 Å². The van der Waals surface area contributed by atoms with Gasteiger partial charge in [-0.3, -0.25) is 4.79 Å². The summed E-state index contributed by atoms with van der Waals surface area (Å²) in [6.45, 7) is 4.07. The third-order valence-corrected chi connectivity index (χ3v) is 4.05. The number of hydrogen-bond donors (Lipinski definition) is 3. The summed E-state index contributed by atoms with van der Waals surface area (Å²) in [6, 6.07) is 8.12. The average Bonchev–Trinajstić information content (AvgIpc) is 2.51. The number of rotatable bonds is 6. The molecule has 0 aliphatic carbocycles. The van der Waals surface area contributed by atoms with Crippen LogP contribution in [0.25, 0.3) is 0 Å². The summed E-state index contributed by atoms with van der Waals surface area (Å²) in [4.78, 5) is 23.7. The number of nitrogens with two attached hydrogens (primary N) is 2. The molecule has 1 aromatic heterocycles. The van der Waals surface area contributed by atoms with Crippen molar-refractivity contribution in [2.24, 2.45) is 0 Å². The molecule has 0 unspecified atom stereocenters. The molecule has 1 heterocycles. The lowest BCUT2D eigenvalue weighted by Crippen LogP contribution is -2.29. The SMILES string of the molecule is CC[C@H](NC(=O)CSc1nc(N)nc(N)n1)c1ccc(C)cc1. The number of amides is 1. The molecule has 122 valence electrons. The first-order valence-corrected chi connectivity index (χ1v) is 8.22. The second-order valence-corrected chi connectivity index (χ2v) is 6.00. The summed E-state index contributed by atoms with van der Waals surface area (Å²) in [5.41, 5.74) is 13.3. The fourth-order valence-corrected chi connectivity index (χ4v) is 2.70. The molecule has 0 aliphatic heterocycles. The highest BCUT2D eigenvalue weighted by molar-refractivity contribution is 7.99. The quantitative estimate of drug-likeness (QED) is 0.689. The first-order valence-electron chi connectivity index (χ1n) is 7.23. The van der Waals surface area contributed by atoms with Gasteiger partial charge in [0.05, 0.1) is 11.8 Å². The van der Waals surface area contributed by atoms with Crippen LogP contribution in [-0.4, -0.2) is 26.6 Å².